The number of benzene rings is 3. The van der Waals surface area contributed by atoms with Crippen LogP contribution in [0.25, 0.3) is 11.1 Å². The van der Waals surface area contributed by atoms with Crippen molar-refractivity contribution >= 4 is 17.6 Å². The van der Waals surface area contributed by atoms with Crippen LogP contribution in [0.5, 0.6) is 5.75 Å². The average molecular weight is 389 g/mol. The van der Waals surface area contributed by atoms with Gasteiger partial charge in [-0.05, 0) is 37.6 Å². The second kappa shape index (κ2) is 9.55. The van der Waals surface area contributed by atoms with E-state index in [0.717, 1.165) is 11.1 Å². The van der Waals surface area contributed by atoms with Crippen LogP contribution in [-0.4, -0.2) is 24.1 Å². The molecule has 0 radical (unpaired) electrons. The van der Waals surface area contributed by atoms with E-state index in [1.165, 1.54) is 6.92 Å². The molecule has 1 N–H and O–H groups in total. The van der Waals surface area contributed by atoms with E-state index in [-0.39, 0.29) is 0 Å². The van der Waals surface area contributed by atoms with Gasteiger partial charge in [0.15, 0.2) is 12.2 Å². The zero-order valence-electron chi connectivity index (χ0n) is 16.4. The number of anilines is 1. The summed E-state index contributed by atoms with van der Waals surface area (Å²) in [4.78, 5) is 24.9. The quantitative estimate of drug-likeness (QED) is 0.596. The normalized spacial score (nSPS) is 12.5. The van der Waals surface area contributed by atoms with Crippen molar-refractivity contribution in [3.8, 4) is 16.9 Å². The molecule has 2 atom stereocenters. The van der Waals surface area contributed by atoms with Crippen LogP contribution in [0.3, 0.4) is 0 Å². The zero-order chi connectivity index (χ0) is 20.6. The molecule has 0 aliphatic rings. The molecule has 0 aliphatic carbocycles. The summed E-state index contributed by atoms with van der Waals surface area (Å²) in [6.07, 6.45) is -1.79. The molecule has 0 saturated carbocycles. The molecule has 1 amide bonds. The fraction of sp³-hybridized carbons (Fsp3) is 0.167. The van der Waals surface area contributed by atoms with E-state index in [1.807, 2.05) is 72.8 Å². The molecule has 5 nitrogen and oxygen atoms in total. The standard InChI is InChI=1S/C24H23NO4/c1-17(29-24(27)18(2)28-20-13-7-4-8-14-20)23(26)25-22-16-10-9-15-21(22)19-11-5-3-6-12-19/h3-18H,1-2H3,(H,25,26)/t17-,18+/m1/s1. The van der Waals surface area contributed by atoms with Crippen LogP contribution >= 0.6 is 0 Å². The minimum atomic E-state index is -0.965. The summed E-state index contributed by atoms with van der Waals surface area (Å²) in [5, 5.41) is 2.85. The van der Waals surface area contributed by atoms with Gasteiger partial charge >= 0.3 is 5.97 Å². The number of amides is 1. The van der Waals surface area contributed by atoms with Gasteiger partial charge in [0.1, 0.15) is 5.75 Å². The van der Waals surface area contributed by atoms with E-state index in [9.17, 15) is 9.59 Å². The van der Waals surface area contributed by atoms with Crippen molar-refractivity contribution in [3.63, 3.8) is 0 Å². The number of ether oxygens (including phenoxy) is 2. The van der Waals surface area contributed by atoms with Gasteiger partial charge in [0.25, 0.3) is 5.91 Å². The zero-order valence-corrected chi connectivity index (χ0v) is 16.4. The summed E-state index contributed by atoms with van der Waals surface area (Å²) in [6.45, 7) is 3.12. The Bertz CT molecular complexity index is 957. The second-order valence-corrected chi connectivity index (χ2v) is 6.55. The lowest BCUT2D eigenvalue weighted by Crippen LogP contribution is -2.35. The van der Waals surface area contributed by atoms with Gasteiger partial charge in [0, 0.05) is 11.3 Å². The molecular weight excluding hydrogens is 366 g/mol. The predicted molar refractivity (Wildman–Crippen MR) is 113 cm³/mol. The maximum absolute atomic E-state index is 12.6. The fourth-order valence-corrected chi connectivity index (χ4v) is 2.77. The van der Waals surface area contributed by atoms with E-state index in [1.54, 1.807) is 19.1 Å². The highest BCUT2D eigenvalue weighted by atomic mass is 16.6. The van der Waals surface area contributed by atoms with Crippen LogP contribution in [0, 0.1) is 0 Å². The van der Waals surface area contributed by atoms with Gasteiger partial charge in [-0.1, -0.05) is 66.7 Å². The Hall–Kier alpha value is -3.60. The molecule has 3 aromatic carbocycles. The molecule has 0 heterocycles. The molecule has 29 heavy (non-hydrogen) atoms. The Balaban J connectivity index is 1.62. The van der Waals surface area contributed by atoms with Crippen molar-refractivity contribution in [1.29, 1.82) is 0 Å². The third-order valence-electron chi connectivity index (χ3n) is 4.32. The van der Waals surface area contributed by atoms with Gasteiger partial charge in [-0.2, -0.15) is 0 Å². The van der Waals surface area contributed by atoms with Crippen LogP contribution in [-0.2, 0) is 14.3 Å². The summed E-state index contributed by atoms with van der Waals surface area (Å²) < 4.78 is 10.8. The Morgan fingerprint density at radius 1 is 0.759 bits per heavy atom. The Morgan fingerprint density at radius 2 is 1.34 bits per heavy atom. The van der Waals surface area contributed by atoms with Gasteiger partial charge < -0.3 is 14.8 Å². The first-order valence-corrected chi connectivity index (χ1v) is 9.42. The van der Waals surface area contributed by atoms with Crippen LogP contribution < -0.4 is 10.1 Å². The van der Waals surface area contributed by atoms with Crippen molar-refractivity contribution in [1.82, 2.24) is 0 Å². The Morgan fingerprint density at radius 3 is 2.03 bits per heavy atom. The molecule has 0 spiro atoms. The fourth-order valence-electron chi connectivity index (χ4n) is 2.77. The molecule has 3 rings (SSSR count). The first kappa shape index (κ1) is 20.1. The van der Waals surface area contributed by atoms with Crippen molar-refractivity contribution < 1.29 is 19.1 Å². The smallest absolute Gasteiger partial charge is 0.347 e. The highest BCUT2D eigenvalue weighted by molar-refractivity contribution is 5.98. The second-order valence-electron chi connectivity index (χ2n) is 6.55. The lowest BCUT2D eigenvalue weighted by molar-refractivity contribution is -0.159. The number of carbonyl (C=O) groups excluding carboxylic acids is 2. The first-order valence-electron chi connectivity index (χ1n) is 9.42. The maximum Gasteiger partial charge on any atom is 0.347 e. The summed E-state index contributed by atoms with van der Waals surface area (Å²) >= 11 is 0. The highest BCUT2D eigenvalue weighted by Crippen LogP contribution is 2.27. The van der Waals surface area contributed by atoms with Crippen LogP contribution in [0.15, 0.2) is 84.9 Å². The van der Waals surface area contributed by atoms with Crippen LogP contribution in [0.4, 0.5) is 5.69 Å². The lowest BCUT2D eigenvalue weighted by atomic mass is 10.0. The number of hydrogen-bond donors (Lipinski definition) is 1. The Kier molecular flexibility index (Phi) is 6.63. The molecule has 148 valence electrons. The van der Waals surface area contributed by atoms with Gasteiger partial charge in [0.2, 0.25) is 0 Å². The molecule has 0 fully saturated rings. The van der Waals surface area contributed by atoms with Crippen molar-refractivity contribution in [2.24, 2.45) is 0 Å². The SMILES string of the molecule is C[C@H](Oc1ccccc1)C(=O)O[C@H](C)C(=O)Nc1ccccc1-c1ccccc1. The number of carbonyl (C=O) groups is 2. The van der Waals surface area contributed by atoms with Gasteiger partial charge in [-0.15, -0.1) is 0 Å². The van der Waals surface area contributed by atoms with E-state index >= 15 is 0 Å². The molecule has 0 aromatic heterocycles. The van der Waals surface area contributed by atoms with Crippen LogP contribution in [0.1, 0.15) is 13.8 Å². The summed E-state index contributed by atoms with van der Waals surface area (Å²) in [6, 6.07) is 26.2. The average Bonchev–Trinajstić information content (AvgIpc) is 2.75. The van der Waals surface area contributed by atoms with Gasteiger partial charge in [-0.25, -0.2) is 4.79 Å². The minimum Gasteiger partial charge on any atom is -0.479 e. The number of esters is 1. The van der Waals surface area contributed by atoms with E-state index in [0.29, 0.717) is 11.4 Å². The predicted octanol–water partition coefficient (Wildman–Crippen LogP) is 4.69. The van der Waals surface area contributed by atoms with E-state index < -0.39 is 24.1 Å². The molecule has 0 bridgehead atoms. The Labute approximate surface area is 170 Å². The van der Waals surface area contributed by atoms with Crippen molar-refractivity contribution in [2.45, 2.75) is 26.1 Å². The molecular formula is C24H23NO4. The molecule has 3 aromatic rings. The van der Waals surface area contributed by atoms with Gasteiger partial charge in [0.05, 0.1) is 0 Å². The molecule has 0 aliphatic heterocycles. The number of nitrogens with one attached hydrogen (secondary N) is 1. The first-order chi connectivity index (χ1) is 14.0. The van der Waals surface area contributed by atoms with E-state index in [4.69, 9.17) is 9.47 Å². The van der Waals surface area contributed by atoms with Gasteiger partial charge in [-0.3, -0.25) is 4.79 Å². The third-order valence-corrected chi connectivity index (χ3v) is 4.32. The molecule has 0 saturated heterocycles. The minimum absolute atomic E-state index is 0.409. The molecule has 0 unspecified atom stereocenters. The largest absolute Gasteiger partial charge is 0.479 e. The highest BCUT2D eigenvalue weighted by Gasteiger charge is 2.23. The van der Waals surface area contributed by atoms with E-state index in [2.05, 4.69) is 5.32 Å². The maximum atomic E-state index is 12.6. The third kappa shape index (κ3) is 5.45. The number of para-hydroxylation sites is 2. The monoisotopic (exact) mass is 389 g/mol. The summed E-state index contributed by atoms with van der Waals surface area (Å²) in [7, 11) is 0. The summed E-state index contributed by atoms with van der Waals surface area (Å²) in [5.74, 6) is -0.452. The summed E-state index contributed by atoms with van der Waals surface area (Å²) in [5.41, 5.74) is 2.53. The van der Waals surface area contributed by atoms with Crippen molar-refractivity contribution in [3.05, 3.63) is 84.9 Å². The lowest BCUT2D eigenvalue weighted by Gasteiger charge is -2.18. The number of hydrogen-bond acceptors (Lipinski definition) is 4. The molecule has 5 heteroatoms. The van der Waals surface area contributed by atoms with Crippen molar-refractivity contribution in [2.75, 3.05) is 5.32 Å². The van der Waals surface area contributed by atoms with Crippen LogP contribution in [0.2, 0.25) is 0 Å². The number of rotatable bonds is 7. The topological polar surface area (TPSA) is 64.6 Å².